The van der Waals surface area contributed by atoms with Gasteiger partial charge in [-0.1, -0.05) is 0 Å². The maximum Gasteiger partial charge on any atom is 0.228 e. The molecule has 3 aromatic rings. The number of likely N-dealkylation sites (N-methyl/N-ethyl adjacent to an activating group) is 1. The number of rotatable bonds is 8. The van der Waals surface area contributed by atoms with Crippen LogP contribution in [0.3, 0.4) is 0 Å². The van der Waals surface area contributed by atoms with Gasteiger partial charge >= 0.3 is 0 Å². The number of pyridine rings is 2. The molecule has 6 heteroatoms. The van der Waals surface area contributed by atoms with Gasteiger partial charge in [0.25, 0.3) is 0 Å². The topological polar surface area (TPSA) is 59.0 Å². The highest BCUT2D eigenvalue weighted by Crippen LogP contribution is 2.14. The van der Waals surface area contributed by atoms with Crippen molar-refractivity contribution in [3.8, 4) is 0 Å². The van der Waals surface area contributed by atoms with Crippen LogP contribution in [-0.2, 0) is 30.5 Å². The van der Waals surface area contributed by atoms with E-state index in [-0.39, 0.29) is 5.91 Å². The summed E-state index contributed by atoms with van der Waals surface area (Å²) in [6, 6.07) is 8.01. The van der Waals surface area contributed by atoms with Gasteiger partial charge in [0.15, 0.2) is 0 Å². The Bertz CT molecular complexity index is 820. The van der Waals surface area contributed by atoms with Crippen molar-refractivity contribution in [1.29, 1.82) is 0 Å². The molecular weight excluding hydrogens is 344 g/mol. The van der Waals surface area contributed by atoms with Crippen LogP contribution < -0.4 is 0 Å². The second-order valence-corrected chi connectivity index (χ2v) is 7.13. The zero-order chi connectivity index (χ0) is 18.2. The van der Waals surface area contributed by atoms with Crippen molar-refractivity contribution in [1.82, 2.24) is 19.9 Å². The number of hydrogen-bond acceptors (Lipinski definition) is 5. The smallest absolute Gasteiger partial charge is 0.228 e. The minimum Gasteiger partial charge on any atom is -0.345 e. The lowest BCUT2D eigenvalue weighted by Gasteiger charge is -2.16. The molecule has 0 spiro atoms. The van der Waals surface area contributed by atoms with Crippen molar-refractivity contribution in [3.63, 3.8) is 0 Å². The second-order valence-electron chi connectivity index (χ2n) is 6.19. The minimum absolute atomic E-state index is 0.102. The summed E-state index contributed by atoms with van der Waals surface area (Å²) in [6.07, 6.45) is 10.2. The first-order chi connectivity index (χ1) is 12.7. The lowest BCUT2D eigenvalue weighted by molar-refractivity contribution is -0.129. The molecule has 134 valence electrons. The van der Waals surface area contributed by atoms with Gasteiger partial charge in [-0.25, -0.2) is 4.98 Å². The Kier molecular flexibility index (Phi) is 6.44. The van der Waals surface area contributed by atoms with Crippen molar-refractivity contribution in [2.45, 2.75) is 25.7 Å². The normalized spacial score (nSPS) is 10.7. The molecule has 5 nitrogen and oxygen atoms in total. The van der Waals surface area contributed by atoms with E-state index in [1.165, 1.54) is 11.1 Å². The molecule has 0 fully saturated rings. The molecule has 0 unspecified atom stereocenters. The van der Waals surface area contributed by atoms with Gasteiger partial charge in [-0.05, 0) is 48.2 Å². The lowest BCUT2D eigenvalue weighted by Crippen LogP contribution is -2.30. The maximum atomic E-state index is 12.4. The van der Waals surface area contributed by atoms with Crippen LogP contribution in [0.2, 0.25) is 0 Å². The SMILES string of the molecule is CN(CCc1ccncc1)C(=O)Cc1csc(CCc2ccncc2)n1. The molecule has 3 heterocycles. The van der Waals surface area contributed by atoms with Gasteiger partial charge in [-0.3, -0.25) is 14.8 Å². The van der Waals surface area contributed by atoms with Crippen LogP contribution in [0.4, 0.5) is 0 Å². The van der Waals surface area contributed by atoms with E-state index in [1.54, 1.807) is 28.6 Å². The van der Waals surface area contributed by atoms with Crippen LogP contribution in [0.5, 0.6) is 0 Å². The van der Waals surface area contributed by atoms with Gasteiger partial charge in [0.1, 0.15) is 0 Å². The van der Waals surface area contributed by atoms with Gasteiger partial charge in [-0.2, -0.15) is 0 Å². The third-order valence-corrected chi connectivity index (χ3v) is 5.18. The van der Waals surface area contributed by atoms with E-state index in [1.807, 2.05) is 49.1 Å². The highest BCUT2D eigenvalue weighted by atomic mass is 32.1. The average molecular weight is 366 g/mol. The van der Waals surface area contributed by atoms with Crippen molar-refractivity contribution in [2.75, 3.05) is 13.6 Å². The number of carbonyl (C=O) groups excluding carboxylic acids is 1. The van der Waals surface area contributed by atoms with E-state index in [9.17, 15) is 4.79 Å². The molecule has 0 atom stereocenters. The number of aromatic nitrogens is 3. The zero-order valence-electron chi connectivity index (χ0n) is 14.8. The first-order valence-electron chi connectivity index (χ1n) is 8.66. The molecule has 3 aromatic heterocycles. The predicted octanol–water partition coefficient (Wildman–Crippen LogP) is 2.96. The summed E-state index contributed by atoms with van der Waals surface area (Å²) in [6.45, 7) is 0.696. The summed E-state index contributed by atoms with van der Waals surface area (Å²) in [5.41, 5.74) is 3.30. The number of aryl methyl sites for hydroxylation is 2. The highest BCUT2D eigenvalue weighted by Gasteiger charge is 2.12. The van der Waals surface area contributed by atoms with E-state index in [2.05, 4.69) is 15.0 Å². The number of thiazole rings is 1. The number of hydrogen-bond donors (Lipinski definition) is 0. The molecule has 0 saturated heterocycles. The second kappa shape index (κ2) is 9.20. The summed E-state index contributed by atoms with van der Waals surface area (Å²) < 4.78 is 0. The molecule has 0 aliphatic rings. The highest BCUT2D eigenvalue weighted by molar-refractivity contribution is 7.09. The van der Waals surface area contributed by atoms with Gasteiger partial charge < -0.3 is 4.90 Å². The van der Waals surface area contributed by atoms with E-state index in [0.717, 1.165) is 30.0 Å². The Labute approximate surface area is 157 Å². The Hall–Kier alpha value is -2.60. The quantitative estimate of drug-likeness (QED) is 0.615. The van der Waals surface area contributed by atoms with Crippen LogP contribution in [0.1, 0.15) is 21.8 Å². The van der Waals surface area contributed by atoms with Gasteiger partial charge in [0, 0.05) is 50.2 Å². The summed E-state index contributed by atoms with van der Waals surface area (Å²) in [7, 11) is 1.85. The molecule has 26 heavy (non-hydrogen) atoms. The number of nitrogens with zero attached hydrogens (tertiary/aromatic N) is 4. The van der Waals surface area contributed by atoms with Crippen LogP contribution in [0.25, 0.3) is 0 Å². The minimum atomic E-state index is 0.102. The van der Waals surface area contributed by atoms with E-state index < -0.39 is 0 Å². The molecule has 0 N–H and O–H groups in total. The third kappa shape index (κ3) is 5.46. The monoisotopic (exact) mass is 366 g/mol. The standard InChI is InChI=1S/C20H22N4OS/c1-24(13-8-17-6-11-22-12-7-17)20(25)14-18-15-26-19(23-18)3-2-16-4-9-21-10-5-16/h4-7,9-12,15H,2-3,8,13-14H2,1H3. The first-order valence-corrected chi connectivity index (χ1v) is 9.54. The third-order valence-electron chi connectivity index (χ3n) is 4.22. The Morgan fingerprint density at radius 3 is 2.23 bits per heavy atom. The molecule has 3 rings (SSSR count). The first kappa shape index (κ1) is 18.2. The molecule has 0 aliphatic carbocycles. The van der Waals surface area contributed by atoms with Crippen LogP contribution >= 0.6 is 11.3 Å². The number of amides is 1. The molecule has 0 radical (unpaired) electrons. The summed E-state index contributed by atoms with van der Waals surface area (Å²) >= 11 is 1.63. The summed E-state index contributed by atoms with van der Waals surface area (Å²) in [5.74, 6) is 0.102. The lowest BCUT2D eigenvalue weighted by atomic mass is 10.1. The van der Waals surface area contributed by atoms with Crippen LogP contribution in [0.15, 0.2) is 54.4 Å². The van der Waals surface area contributed by atoms with Crippen molar-refractivity contribution < 1.29 is 4.79 Å². The average Bonchev–Trinajstić information content (AvgIpc) is 3.13. The van der Waals surface area contributed by atoms with E-state index >= 15 is 0 Å². The van der Waals surface area contributed by atoms with E-state index in [0.29, 0.717) is 13.0 Å². The molecule has 0 aromatic carbocycles. The molecular formula is C20H22N4OS. The Morgan fingerprint density at radius 2 is 1.58 bits per heavy atom. The fourth-order valence-electron chi connectivity index (χ4n) is 2.61. The van der Waals surface area contributed by atoms with E-state index in [4.69, 9.17) is 0 Å². The van der Waals surface area contributed by atoms with Crippen molar-refractivity contribution in [2.24, 2.45) is 0 Å². The number of carbonyl (C=O) groups is 1. The van der Waals surface area contributed by atoms with Gasteiger partial charge in [0.05, 0.1) is 17.1 Å². The molecule has 0 aliphatic heterocycles. The molecule has 0 bridgehead atoms. The fraction of sp³-hybridized carbons (Fsp3) is 0.300. The largest absolute Gasteiger partial charge is 0.345 e. The summed E-state index contributed by atoms with van der Waals surface area (Å²) in [4.78, 5) is 26.8. The molecule has 1 amide bonds. The van der Waals surface area contributed by atoms with Crippen molar-refractivity contribution >= 4 is 17.2 Å². The molecule has 0 saturated carbocycles. The maximum absolute atomic E-state index is 12.4. The Morgan fingerprint density at radius 1 is 0.962 bits per heavy atom. The predicted molar refractivity (Wildman–Crippen MR) is 103 cm³/mol. The van der Waals surface area contributed by atoms with Crippen LogP contribution in [-0.4, -0.2) is 39.4 Å². The van der Waals surface area contributed by atoms with Crippen LogP contribution in [0, 0.1) is 0 Å². The van der Waals surface area contributed by atoms with Gasteiger partial charge in [-0.15, -0.1) is 11.3 Å². The summed E-state index contributed by atoms with van der Waals surface area (Å²) in [5, 5.41) is 3.07. The van der Waals surface area contributed by atoms with Crippen molar-refractivity contribution in [3.05, 3.63) is 76.3 Å². The fourth-order valence-corrected chi connectivity index (χ4v) is 3.40. The zero-order valence-corrected chi connectivity index (χ0v) is 15.7. The Balaban J connectivity index is 1.46. The van der Waals surface area contributed by atoms with Gasteiger partial charge in [0.2, 0.25) is 5.91 Å².